The average molecular weight is 637 g/mol. The number of fused-ring (bicyclic) bond motifs is 12. The highest BCUT2D eigenvalue weighted by Gasteiger charge is 2.39. The Balaban J connectivity index is 1.23. The van der Waals surface area contributed by atoms with Crippen LogP contribution in [0.5, 0.6) is 0 Å². The van der Waals surface area contributed by atoms with Crippen LogP contribution in [0.1, 0.15) is 25.0 Å². The van der Waals surface area contributed by atoms with Gasteiger partial charge in [-0.25, -0.2) is 0 Å². The van der Waals surface area contributed by atoms with Gasteiger partial charge in [-0.3, -0.25) is 0 Å². The fourth-order valence-corrected chi connectivity index (χ4v) is 9.29. The molecule has 0 spiro atoms. The molecule has 0 aliphatic heterocycles. The van der Waals surface area contributed by atoms with Crippen molar-refractivity contribution in [3.63, 3.8) is 0 Å². The maximum atomic E-state index is 6.42. The molecule has 0 N–H and O–H groups in total. The van der Waals surface area contributed by atoms with E-state index in [1.807, 2.05) is 0 Å². The lowest BCUT2D eigenvalue weighted by atomic mass is 9.76. The van der Waals surface area contributed by atoms with Gasteiger partial charge in [-0.15, -0.1) is 0 Å². The van der Waals surface area contributed by atoms with Crippen molar-refractivity contribution in [2.75, 3.05) is 0 Å². The van der Waals surface area contributed by atoms with Gasteiger partial charge in [0.1, 0.15) is 11.2 Å². The summed E-state index contributed by atoms with van der Waals surface area (Å²) in [6.07, 6.45) is 0. The third-order valence-electron chi connectivity index (χ3n) is 11.4. The lowest BCUT2D eigenvalue weighted by Crippen LogP contribution is -2.16. The van der Waals surface area contributed by atoms with Gasteiger partial charge in [0.2, 0.25) is 0 Å². The van der Waals surface area contributed by atoms with E-state index in [0.29, 0.717) is 0 Å². The van der Waals surface area contributed by atoms with E-state index >= 15 is 0 Å². The normalized spacial score (nSPS) is 13.6. The van der Waals surface area contributed by atoms with E-state index in [1.54, 1.807) is 0 Å². The van der Waals surface area contributed by atoms with E-state index in [0.717, 1.165) is 16.6 Å². The van der Waals surface area contributed by atoms with E-state index in [4.69, 9.17) is 4.42 Å². The number of benzene rings is 9. The molecule has 0 radical (unpaired) electrons. The minimum Gasteiger partial charge on any atom is -0.456 e. The molecule has 1 heteroatoms. The molecule has 0 unspecified atom stereocenters. The molecule has 1 aromatic heterocycles. The molecule has 0 atom stereocenters. The Labute approximate surface area is 290 Å². The fourth-order valence-electron chi connectivity index (χ4n) is 9.29. The monoisotopic (exact) mass is 636 g/mol. The van der Waals surface area contributed by atoms with Crippen molar-refractivity contribution in [1.82, 2.24) is 0 Å². The molecule has 50 heavy (non-hydrogen) atoms. The quantitative estimate of drug-likeness (QED) is 0.172. The number of hydrogen-bond acceptors (Lipinski definition) is 1. The van der Waals surface area contributed by atoms with Crippen LogP contribution in [-0.2, 0) is 5.41 Å². The molecule has 0 fully saturated rings. The highest BCUT2D eigenvalue weighted by atomic mass is 16.3. The first-order valence-corrected chi connectivity index (χ1v) is 17.5. The van der Waals surface area contributed by atoms with E-state index in [1.165, 1.54) is 93.0 Å². The Hall–Kier alpha value is -6.18. The van der Waals surface area contributed by atoms with Gasteiger partial charge < -0.3 is 4.42 Å². The zero-order valence-corrected chi connectivity index (χ0v) is 27.9. The van der Waals surface area contributed by atoms with E-state index in [-0.39, 0.29) is 5.41 Å². The molecule has 9 aromatic carbocycles. The molecule has 1 aliphatic carbocycles. The molecule has 0 saturated heterocycles. The predicted molar refractivity (Wildman–Crippen MR) is 212 cm³/mol. The van der Waals surface area contributed by atoms with Crippen LogP contribution >= 0.6 is 0 Å². The van der Waals surface area contributed by atoms with Crippen LogP contribution in [0.3, 0.4) is 0 Å². The topological polar surface area (TPSA) is 13.1 Å². The smallest absolute Gasteiger partial charge is 0.136 e. The van der Waals surface area contributed by atoms with Crippen molar-refractivity contribution in [2.24, 2.45) is 0 Å². The minimum atomic E-state index is -0.164. The summed E-state index contributed by atoms with van der Waals surface area (Å²) in [7, 11) is 0. The third kappa shape index (κ3) is 3.62. The summed E-state index contributed by atoms with van der Waals surface area (Å²) in [6, 6.07) is 58.1. The molecular weight excluding hydrogens is 605 g/mol. The van der Waals surface area contributed by atoms with Crippen LogP contribution < -0.4 is 0 Å². The Kier molecular flexibility index (Phi) is 5.51. The number of hydrogen-bond donors (Lipinski definition) is 0. The molecule has 1 heterocycles. The molecule has 1 nitrogen and oxygen atoms in total. The summed E-state index contributed by atoms with van der Waals surface area (Å²) >= 11 is 0. The summed E-state index contributed by atoms with van der Waals surface area (Å²) in [4.78, 5) is 0. The second-order valence-electron chi connectivity index (χ2n) is 14.4. The Bertz CT molecular complexity index is 3010. The molecule has 0 saturated carbocycles. The van der Waals surface area contributed by atoms with Crippen molar-refractivity contribution in [1.29, 1.82) is 0 Å². The first-order valence-electron chi connectivity index (χ1n) is 17.5. The lowest BCUT2D eigenvalue weighted by molar-refractivity contribution is 0.663. The van der Waals surface area contributed by atoms with Crippen LogP contribution in [0.2, 0.25) is 0 Å². The lowest BCUT2D eigenvalue weighted by Gasteiger charge is -2.26. The van der Waals surface area contributed by atoms with Crippen LogP contribution in [0.15, 0.2) is 162 Å². The largest absolute Gasteiger partial charge is 0.456 e. The first kappa shape index (κ1) is 27.7. The third-order valence-corrected chi connectivity index (χ3v) is 11.4. The minimum absolute atomic E-state index is 0.164. The van der Waals surface area contributed by atoms with Gasteiger partial charge in [0.15, 0.2) is 0 Å². The zero-order chi connectivity index (χ0) is 33.1. The van der Waals surface area contributed by atoms with Crippen molar-refractivity contribution in [2.45, 2.75) is 19.3 Å². The first-order chi connectivity index (χ1) is 24.6. The molecule has 0 amide bonds. The number of rotatable bonds is 2. The van der Waals surface area contributed by atoms with Crippen molar-refractivity contribution < 1.29 is 4.42 Å². The maximum Gasteiger partial charge on any atom is 0.136 e. The van der Waals surface area contributed by atoms with Gasteiger partial charge >= 0.3 is 0 Å². The van der Waals surface area contributed by atoms with Gasteiger partial charge in [0, 0.05) is 16.2 Å². The molecule has 234 valence electrons. The van der Waals surface area contributed by atoms with Crippen LogP contribution in [0.4, 0.5) is 0 Å². The van der Waals surface area contributed by atoms with Crippen molar-refractivity contribution >= 4 is 65.0 Å². The van der Waals surface area contributed by atoms with Gasteiger partial charge in [0.05, 0.1) is 0 Å². The summed E-state index contributed by atoms with van der Waals surface area (Å²) < 4.78 is 6.42. The van der Waals surface area contributed by atoms with E-state index < -0.39 is 0 Å². The molecule has 0 bridgehead atoms. The second kappa shape index (κ2) is 9.94. The average Bonchev–Trinajstić information content (AvgIpc) is 3.65. The summed E-state index contributed by atoms with van der Waals surface area (Å²) in [5, 5.41) is 12.5. The molecular formula is C49H32O. The summed E-state index contributed by atoms with van der Waals surface area (Å²) in [6.45, 7) is 4.81. The molecule has 1 aliphatic rings. The van der Waals surface area contributed by atoms with Gasteiger partial charge in [-0.2, -0.15) is 0 Å². The Morgan fingerprint density at radius 2 is 0.940 bits per heavy atom. The van der Waals surface area contributed by atoms with Gasteiger partial charge in [0.25, 0.3) is 0 Å². The standard InChI is InChI=1S/C49H32O/c1-49(2)41-25-22-29-12-3-5-14-32(29)46(41)39-21-11-20-38(48(39)49)45-36-18-9-7-16-34(36)44(35-17-8-10-19-37(35)45)31-24-26-42-40(28-31)47-33-15-6-4-13-30(33)23-27-43(47)50-42/h3-28H,1-2H3. The van der Waals surface area contributed by atoms with Gasteiger partial charge in [-0.1, -0.05) is 153 Å². The summed E-state index contributed by atoms with van der Waals surface area (Å²) in [5.41, 5.74) is 12.3. The SMILES string of the molecule is CC1(C)c2ccc3ccccc3c2-c2cccc(-c3c4ccccc4c(-c4ccc5oc6ccc7ccccc7c6c5c4)c4ccccc34)c21. The highest BCUT2D eigenvalue weighted by Crippen LogP contribution is 2.56. The number of furan rings is 1. The van der Waals surface area contributed by atoms with E-state index in [2.05, 4.69) is 172 Å². The van der Waals surface area contributed by atoms with Crippen molar-refractivity contribution in [3.8, 4) is 33.4 Å². The second-order valence-corrected chi connectivity index (χ2v) is 14.4. The Morgan fingerprint density at radius 1 is 0.400 bits per heavy atom. The van der Waals surface area contributed by atoms with Crippen LogP contribution in [0, 0.1) is 0 Å². The van der Waals surface area contributed by atoms with Gasteiger partial charge in [-0.05, 0) is 106 Å². The van der Waals surface area contributed by atoms with Crippen LogP contribution in [-0.4, -0.2) is 0 Å². The summed E-state index contributed by atoms with van der Waals surface area (Å²) in [5.74, 6) is 0. The van der Waals surface area contributed by atoms with E-state index in [9.17, 15) is 0 Å². The predicted octanol–water partition coefficient (Wildman–Crippen LogP) is 13.8. The van der Waals surface area contributed by atoms with Crippen molar-refractivity contribution in [3.05, 3.63) is 169 Å². The highest BCUT2D eigenvalue weighted by molar-refractivity contribution is 6.24. The molecule has 11 rings (SSSR count). The fraction of sp³-hybridized carbons (Fsp3) is 0.0612. The van der Waals surface area contributed by atoms with Crippen LogP contribution in [0.25, 0.3) is 98.4 Å². The maximum absolute atomic E-state index is 6.42. The zero-order valence-electron chi connectivity index (χ0n) is 27.9. The Morgan fingerprint density at radius 3 is 1.64 bits per heavy atom. The molecule has 10 aromatic rings.